The number of fused-ring (bicyclic) bond motifs is 5. The molecule has 22 heteroatoms. The Morgan fingerprint density at radius 3 is 2.40 bits per heavy atom. The van der Waals surface area contributed by atoms with E-state index < -0.39 is 100 Å². The van der Waals surface area contributed by atoms with E-state index in [2.05, 4.69) is 10.1 Å². The first-order valence-electron chi connectivity index (χ1n) is 16.7. The number of anilines is 1. The number of phenolic OH excluding ortho intramolecular Hbond substituents is 2. The molecule has 0 aliphatic carbocycles. The molecule has 0 saturated carbocycles. The predicted octanol–water partition coefficient (Wildman–Crippen LogP) is 0.458. The highest BCUT2D eigenvalue weighted by atomic mass is 32.2. The number of thiazole rings is 1. The number of carbonyl (C=O) groups excluding carboxylic acids is 4. The number of β-lactam (4-membered cyclic amide) rings is 1. The van der Waals surface area contributed by atoms with E-state index in [1.165, 1.54) is 22.0 Å². The molecule has 55 heavy (non-hydrogen) atoms. The number of Topliss-reactive ketones (excluding diaryl/α,β-unsaturated/α-hetero) is 2. The number of nitrogens with two attached hydrogens (primary N) is 1. The van der Waals surface area contributed by atoms with Crippen molar-refractivity contribution in [2.75, 3.05) is 44.2 Å². The number of quaternary nitrogens is 1. The molecule has 0 unspecified atom stereocenters. The van der Waals surface area contributed by atoms with Crippen LogP contribution >= 0.6 is 23.1 Å². The Kier molecular flexibility index (Phi) is 10.8. The van der Waals surface area contributed by atoms with Crippen molar-refractivity contribution in [2.24, 2.45) is 11.1 Å². The van der Waals surface area contributed by atoms with E-state index in [-0.39, 0.29) is 41.4 Å². The fourth-order valence-corrected chi connectivity index (χ4v) is 9.29. The van der Waals surface area contributed by atoms with Crippen LogP contribution in [0.25, 0.3) is 0 Å². The summed E-state index contributed by atoms with van der Waals surface area (Å²) in [6.07, 6.45) is -2.42. The highest BCUT2D eigenvalue weighted by Crippen LogP contribution is 2.46. The van der Waals surface area contributed by atoms with Gasteiger partial charge in [-0.3, -0.25) is 28.9 Å². The summed E-state index contributed by atoms with van der Waals surface area (Å²) in [6.45, 7) is 1.78. The van der Waals surface area contributed by atoms with Crippen LogP contribution in [0.4, 0.5) is 9.52 Å². The molecule has 6 heterocycles. The summed E-state index contributed by atoms with van der Waals surface area (Å²) in [6, 6.07) is 1.17. The number of amides is 2. The van der Waals surface area contributed by atoms with Crippen molar-refractivity contribution in [1.29, 1.82) is 0 Å². The van der Waals surface area contributed by atoms with Gasteiger partial charge < -0.3 is 45.5 Å². The molecular formula is C33H34FN6O13S2+. The van der Waals surface area contributed by atoms with Gasteiger partial charge in [-0.1, -0.05) is 5.16 Å². The van der Waals surface area contributed by atoms with Gasteiger partial charge in [-0.15, -0.1) is 23.1 Å². The number of aromatic nitrogens is 1. The zero-order chi connectivity index (χ0) is 39.9. The Hall–Kier alpha value is -5.61. The quantitative estimate of drug-likeness (QED) is 0.0288. The topological polar surface area (TPSA) is 288 Å². The van der Waals surface area contributed by atoms with E-state index in [1.807, 2.05) is 0 Å². The molecule has 5 aliphatic heterocycles. The standard InChI is InChI=1S/C33H33FN6O13S2/c34-18-7-14(8-21(42)27(18)46)26(45)29(48)38-3-6-40(4-1-16(38)2-5-40)11-15-12-54-30-17(28(47)39(30)25(15)32(51)52)9-20(41)24(19-13-55-33(35)36-19)37-53-22(31(49)50)10-23(43)44/h7-8,13,16-17,22,30H,1-6,9-12H2,(H6-,35,36,37,41,42,43,44,45,46,48,49,50,51,52)/p+1/t16?,17-,22+,30-,40?/m1/s1. The normalized spacial score (nSPS) is 24.1. The van der Waals surface area contributed by atoms with Crippen molar-refractivity contribution < 1.29 is 72.8 Å². The monoisotopic (exact) mass is 805 g/mol. The number of aliphatic carboxylic acids is 3. The van der Waals surface area contributed by atoms with Crippen LogP contribution in [-0.4, -0.2) is 148 Å². The molecule has 0 spiro atoms. The number of phenols is 2. The summed E-state index contributed by atoms with van der Waals surface area (Å²) >= 11 is 2.20. The van der Waals surface area contributed by atoms with Gasteiger partial charge in [0.25, 0.3) is 11.7 Å². The minimum atomic E-state index is -1.94. The van der Waals surface area contributed by atoms with Gasteiger partial charge in [-0.2, -0.15) is 0 Å². The maximum Gasteiger partial charge on any atom is 0.352 e. The number of oxime groups is 1. The molecule has 7 N–H and O–H groups in total. The zero-order valence-corrected chi connectivity index (χ0v) is 30.3. The van der Waals surface area contributed by atoms with Crippen LogP contribution in [0.15, 0.2) is 33.9 Å². The number of carboxylic acid groups (broad SMARTS) is 3. The van der Waals surface area contributed by atoms with E-state index in [9.17, 15) is 58.4 Å². The summed E-state index contributed by atoms with van der Waals surface area (Å²) in [5.41, 5.74) is 4.96. The average molecular weight is 806 g/mol. The first kappa shape index (κ1) is 39.1. The van der Waals surface area contributed by atoms with Crippen LogP contribution in [-0.2, 0) is 33.6 Å². The third-order valence-electron chi connectivity index (χ3n) is 10.1. The number of nitrogen functional groups attached to an aromatic ring is 1. The molecule has 4 fully saturated rings. The van der Waals surface area contributed by atoms with Gasteiger partial charge in [0, 0.05) is 47.6 Å². The Labute approximate surface area is 318 Å². The molecule has 19 nitrogen and oxygen atoms in total. The molecule has 0 radical (unpaired) electrons. The second kappa shape index (κ2) is 15.3. The van der Waals surface area contributed by atoms with Gasteiger partial charge in [-0.25, -0.2) is 19.0 Å². The number of nitrogens with zero attached hydrogens (tertiary/aromatic N) is 5. The number of halogens is 1. The van der Waals surface area contributed by atoms with Gasteiger partial charge in [0.1, 0.15) is 17.9 Å². The fraction of sp³-hybridized carbons (Fsp3) is 0.424. The maximum absolute atomic E-state index is 14.0. The van der Waals surface area contributed by atoms with Crippen molar-refractivity contribution in [3.63, 3.8) is 0 Å². The Balaban J connectivity index is 1.16. The van der Waals surface area contributed by atoms with Crippen LogP contribution in [0.1, 0.15) is 41.7 Å². The highest BCUT2D eigenvalue weighted by molar-refractivity contribution is 8.00. The van der Waals surface area contributed by atoms with Gasteiger partial charge in [0.2, 0.25) is 12.0 Å². The van der Waals surface area contributed by atoms with Gasteiger partial charge in [0.15, 0.2) is 33.9 Å². The van der Waals surface area contributed by atoms with Crippen LogP contribution < -0.4 is 5.73 Å². The summed E-state index contributed by atoms with van der Waals surface area (Å²) < 4.78 is 14.4. The highest BCUT2D eigenvalue weighted by Gasteiger charge is 2.55. The molecule has 292 valence electrons. The van der Waals surface area contributed by atoms with Gasteiger partial charge in [0.05, 0.1) is 43.9 Å². The molecule has 4 saturated heterocycles. The van der Waals surface area contributed by atoms with E-state index in [0.29, 0.717) is 48.6 Å². The zero-order valence-electron chi connectivity index (χ0n) is 28.6. The lowest BCUT2D eigenvalue weighted by atomic mass is 9.89. The van der Waals surface area contributed by atoms with E-state index in [4.69, 9.17) is 15.7 Å². The second-order valence-electron chi connectivity index (χ2n) is 13.5. The van der Waals surface area contributed by atoms with Crippen molar-refractivity contribution in [3.05, 3.63) is 45.9 Å². The first-order chi connectivity index (χ1) is 26.0. The third-order valence-corrected chi connectivity index (χ3v) is 12.2. The molecule has 1 aromatic heterocycles. The Morgan fingerprint density at radius 2 is 1.80 bits per heavy atom. The maximum atomic E-state index is 14.0. The molecule has 7 rings (SSSR count). The van der Waals surface area contributed by atoms with Crippen molar-refractivity contribution >= 4 is 75.2 Å². The van der Waals surface area contributed by atoms with Gasteiger partial charge >= 0.3 is 17.9 Å². The number of hydrogen-bond acceptors (Lipinski definition) is 15. The van der Waals surface area contributed by atoms with Crippen molar-refractivity contribution in [1.82, 2.24) is 14.8 Å². The number of aromatic hydroxyl groups is 2. The number of carboxylic acids is 3. The van der Waals surface area contributed by atoms with Crippen molar-refractivity contribution in [3.8, 4) is 11.5 Å². The summed E-state index contributed by atoms with van der Waals surface area (Å²) in [4.78, 5) is 100. The van der Waals surface area contributed by atoms with Crippen molar-refractivity contribution in [2.45, 2.75) is 43.2 Å². The molecule has 2 aromatic rings. The van der Waals surface area contributed by atoms with Crippen LogP contribution in [0.2, 0.25) is 0 Å². The molecular weight excluding hydrogens is 772 g/mol. The molecule has 2 amide bonds. The minimum absolute atomic E-state index is 0.0352. The predicted molar refractivity (Wildman–Crippen MR) is 187 cm³/mol. The van der Waals surface area contributed by atoms with Gasteiger partial charge in [-0.05, 0) is 12.1 Å². The number of benzene rings is 1. The molecule has 1 aromatic carbocycles. The lowest BCUT2D eigenvalue weighted by Gasteiger charge is -2.50. The minimum Gasteiger partial charge on any atom is -0.504 e. The second-order valence-corrected chi connectivity index (χ2v) is 15.5. The van der Waals surface area contributed by atoms with Crippen LogP contribution in [0.5, 0.6) is 11.5 Å². The molecule has 3 atom stereocenters. The number of hydrogen-bond donors (Lipinski definition) is 6. The molecule has 2 bridgehead atoms. The first-order valence-corrected chi connectivity index (χ1v) is 18.7. The largest absolute Gasteiger partial charge is 0.504 e. The van der Waals surface area contributed by atoms with E-state index in [0.717, 1.165) is 22.3 Å². The number of piperidine rings is 1. The molecule has 5 aliphatic rings. The number of thioether (sulfide) groups is 1. The van der Waals surface area contributed by atoms with Crippen LogP contribution in [0.3, 0.4) is 0 Å². The summed E-state index contributed by atoms with van der Waals surface area (Å²) in [5.74, 6) is -11.9. The Morgan fingerprint density at radius 1 is 1.09 bits per heavy atom. The lowest BCUT2D eigenvalue weighted by Crippen LogP contribution is -2.63. The summed E-state index contributed by atoms with van der Waals surface area (Å²) in [5, 5.41) is 52.2. The SMILES string of the molecule is Nc1nc(/C(=N/O[C@@H](CC(=O)O)C(=O)O)C(=O)C[C@@H]2C(=O)N3C(C(=O)O)=C(C[N+]45CCC(CC4)N(C(=O)C(=O)c4cc(O)c(O)c(F)c4)CC5)CS[C@H]23)cs1. The number of carbonyl (C=O) groups is 7. The van der Waals surface area contributed by atoms with E-state index in [1.54, 1.807) is 0 Å². The Bertz CT molecular complexity index is 2040. The summed E-state index contributed by atoms with van der Waals surface area (Å²) in [7, 11) is 0. The number of ketones is 2. The lowest BCUT2D eigenvalue weighted by molar-refractivity contribution is -0.924. The fourth-order valence-electron chi connectivity index (χ4n) is 7.34. The average Bonchev–Trinajstić information content (AvgIpc) is 3.38. The third kappa shape index (κ3) is 7.69. The van der Waals surface area contributed by atoms with Crippen LogP contribution in [0, 0.1) is 11.7 Å². The number of rotatable bonds is 14. The van der Waals surface area contributed by atoms with E-state index >= 15 is 0 Å². The smallest absolute Gasteiger partial charge is 0.352 e.